The van der Waals surface area contributed by atoms with Crippen LogP contribution < -0.4 is 4.90 Å². The number of nitrogens with zero attached hydrogens (tertiary/aromatic N) is 1. The van der Waals surface area contributed by atoms with Crippen LogP contribution >= 0.6 is 11.8 Å². The Morgan fingerprint density at radius 1 is 1.28 bits per heavy atom. The second kappa shape index (κ2) is 6.44. The van der Waals surface area contributed by atoms with Gasteiger partial charge in [-0.3, -0.25) is 9.59 Å². The fourth-order valence-electron chi connectivity index (χ4n) is 1.41. The van der Waals surface area contributed by atoms with E-state index in [2.05, 4.69) is 13.8 Å². The summed E-state index contributed by atoms with van der Waals surface area (Å²) in [7, 11) is 1.58. The summed E-state index contributed by atoms with van der Waals surface area (Å²) < 4.78 is 0. The Morgan fingerprint density at radius 3 is 2.28 bits per heavy atom. The molecule has 1 N–H and O–H groups in total. The molecule has 0 bridgehead atoms. The van der Waals surface area contributed by atoms with Crippen LogP contribution in [0.15, 0.2) is 29.2 Å². The fraction of sp³-hybridized carbons (Fsp3) is 0.385. The number of rotatable bonds is 5. The zero-order chi connectivity index (χ0) is 13.7. The SMILES string of the molecule is CC(C)Sc1ccc(N(C)C(=O)CC(=O)O)cc1. The van der Waals surface area contributed by atoms with Gasteiger partial charge in [-0.05, 0) is 24.3 Å². The molecule has 0 atom stereocenters. The van der Waals surface area contributed by atoms with Gasteiger partial charge in [-0.1, -0.05) is 13.8 Å². The molecule has 1 amide bonds. The van der Waals surface area contributed by atoms with E-state index in [9.17, 15) is 9.59 Å². The van der Waals surface area contributed by atoms with Crippen LogP contribution in [0.2, 0.25) is 0 Å². The van der Waals surface area contributed by atoms with Crippen molar-refractivity contribution in [1.82, 2.24) is 0 Å². The highest BCUT2D eigenvalue weighted by atomic mass is 32.2. The molecule has 0 spiro atoms. The molecule has 0 aliphatic rings. The highest BCUT2D eigenvalue weighted by molar-refractivity contribution is 7.99. The zero-order valence-electron chi connectivity index (χ0n) is 10.7. The summed E-state index contributed by atoms with van der Waals surface area (Å²) in [5, 5.41) is 9.07. The van der Waals surface area contributed by atoms with E-state index >= 15 is 0 Å². The summed E-state index contributed by atoms with van der Waals surface area (Å²) in [6.45, 7) is 4.22. The molecule has 0 saturated carbocycles. The van der Waals surface area contributed by atoms with E-state index in [1.165, 1.54) is 4.90 Å². The van der Waals surface area contributed by atoms with E-state index in [0.29, 0.717) is 10.9 Å². The van der Waals surface area contributed by atoms with Crippen LogP contribution in [0.5, 0.6) is 0 Å². The lowest BCUT2D eigenvalue weighted by atomic mass is 10.3. The molecule has 0 aliphatic heterocycles. The smallest absolute Gasteiger partial charge is 0.312 e. The topological polar surface area (TPSA) is 57.6 Å². The Kier molecular flexibility index (Phi) is 5.22. The first-order valence-corrected chi connectivity index (χ1v) is 6.53. The van der Waals surface area contributed by atoms with Gasteiger partial charge >= 0.3 is 5.97 Å². The van der Waals surface area contributed by atoms with Gasteiger partial charge in [-0.15, -0.1) is 11.8 Å². The lowest BCUT2D eigenvalue weighted by Crippen LogP contribution is -2.28. The molecule has 0 aliphatic carbocycles. The number of aliphatic carboxylic acids is 1. The third-order valence-electron chi connectivity index (χ3n) is 2.27. The van der Waals surface area contributed by atoms with Crippen LogP contribution in [-0.4, -0.2) is 29.3 Å². The van der Waals surface area contributed by atoms with E-state index in [-0.39, 0.29) is 0 Å². The first-order chi connectivity index (χ1) is 8.40. The summed E-state index contributed by atoms with van der Waals surface area (Å²) in [5.74, 6) is -1.54. The van der Waals surface area contributed by atoms with Gasteiger partial charge in [-0.2, -0.15) is 0 Å². The molecule has 0 saturated heterocycles. The number of carbonyl (C=O) groups excluding carboxylic acids is 1. The summed E-state index contributed by atoms with van der Waals surface area (Å²) >= 11 is 1.74. The minimum atomic E-state index is -1.11. The summed E-state index contributed by atoms with van der Waals surface area (Å²) in [6, 6.07) is 7.52. The predicted molar refractivity (Wildman–Crippen MR) is 73.1 cm³/mol. The van der Waals surface area contributed by atoms with Gasteiger partial charge in [0.2, 0.25) is 5.91 Å². The average Bonchev–Trinajstić information content (AvgIpc) is 2.27. The maximum Gasteiger partial charge on any atom is 0.312 e. The number of thioether (sulfide) groups is 1. The lowest BCUT2D eigenvalue weighted by molar-refractivity contribution is -0.140. The quantitative estimate of drug-likeness (QED) is 0.658. The largest absolute Gasteiger partial charge is 0.481 e. The van der Waals surface area contributed by atoms with E-state index < -0.39 is 18.3 Å². The summed E-state index contributed by atoms with van der Waals surface area (Å²) in [4.78, 5) is 24.5. The monoisotopic (exact) mass is 267 g/mol. The molecule has 18 heavy (non-hydrogen) atoms. The van der Waals surface area contributed by atoms with Gasteiger partial charge in [0.15, 0.2) is 0 Å². The van der Waals surface area contributed by atoms with Crippen molar-refractivity contribution in [2.75, 3.05) is 11.9 Å². The number of carbonyl (C=O) groups is 2. The van der Waals surface area contributed by atoms with Crippen molar-refractivity contribution in [3.05, 3.63) is 24.3 Å². The number of carboxylic acid groups (broad SMARTS) is 1. The molecule has 0 radical (unpaired) electrons. The molecule has 0 unspecified atom stereocenters. The van der Waals surface area contributed by atoms with Crippen molar-refractivity contribution in [2.45, 2.75) is 30.4 Å². The van der Waals surface area contributed by atoms with Crippen LogP contribution in [0.3, 0.4) is 0 Å². The fourth-order valence-corrected chi connectivity index (χ4v) is 2.25. The van der Waals surface area contributed by atoms with Crippen molar-refractivity contribution in [1.29, 1.82) is 0 Å². The maximum absolute atomic E-state index is 11.6. The molecule has 1 aromatic rings. The number of amides is 1. The third kappa shape index (κ3) is 4.41. The van der Waals surface area contributed by atoms with Gasteiger partial charge in [0.05, 0.1) is 0 Å². The molecule has 4 nitrogen and oxygen atoms in total. The highest BCUT2D eigenvalue weighted by Gasteiger charge is 2.14. The molecule has 0 fully saturated rings. The Balaban J connectivity index is 2.72. The number of hydrogen-bond donors (Lipinski definition) is 1. The summed E-state index contributed by atoms with van der Waals surface area (Å²) in [6.07, 6.45) is -0.487. The Hall–Kier alpha value is -1.49. The second-order valence-electron chi connectivity index (χ2n) is 4.18. The Labute approximate surface area is 111 Å². The zero-order valence-corrected chi connectivity index (χ0v) is 11.5. The molecule has 5 heteroatoms. The molecule has 0 aromatic heterocycles. The Bertz CT molecular complexity index is 428. The van der Waals surface area contributed by atoms with Gasteiger partial charge < -0.3 is 10.0 Å². The number of anilines is 1. The minimum absolute atomic E-state index is 0.424. The van der Waals surface area contributed by atoms with Crippen LogP contribution in [0.4, 0.5) is 5.69 Å². The average molecular weight is 267 g/mol. The van der Waals surface area contributed by atoms with Crippen molar-refractivity contribution in [2.24, 2.45) is 0 Å². The molecular formula is C13H17NO3S. The van der Waals surface area contributed by atoms with Gasteiger partial charge in [0, 0.05) is 22.9 Å². The first-order valence-electron chi connectivity index (χ1n) is 5.65. The van der Waals surface area contributed by atoms with Crippen LogP contribution in [-0.2, 0) is 9.59 Å². The van der Waals surface area contributed by atoms with E-state index in [1.807, 2.05) is 24.3 Å². The first kappa shape index (κ1) is 14.6. The van der Waals surface area contributed by atoms with Crippen LogP contribution in [0, 0.1) is 0 Å². The predicted octanol–water partition coefficient (Wildman–Crippen LogP) is 2.62. The lowest BCUT2D eigenvalue weighted by Gasteiger charge is -2.16. The van der Waals surface area contributed by atoms with Crippen LogP contribution in [0.25, 0.3) is 0 Å². The van der Waals surface area contributed by atoms with E-state index in [1.54, 1.807) is 18.8 Å². The molecule has 1 aromatic carbocycles. The van der Waals surface area contributed by atoms with Crippen LogP contribution in [0.1, 0.15) is 20.3 Å². The van der Waals surface area contributed by atoms with Crippen molar-refractivity contribution in [3.8, 4) is 0 Å². The normalized spacial score (nSPS) is 10.4. The molecule has 0 heterocycles. The summed E-state index contributed by atoms with van der Waals surface area (Å²) in [5.41, 5.74) is 0.703. The molecule has 1 rings (SSSR count). The van der Waals surface area contributed by atoms with Gasteiger partial charge in [-0.25, -0.2) is 0 Å². The standard InChI is InChI=1S/C13H17NO3S/c1-9(2)18-11-6-4-10(5-7-11)14(3)12(15)8-13(16)17/h4-7,9H,8H2,1-3H3,(H,16,17). The van der Waals surface area contributed by atoms with E-state index in [4.69, 9.17) is 5.11 Å². The maximum atomic E-state index is 11.6. The highest BCUT2D eigenvalue weighted by Crippen LogP contribution is 2.25. The van der Waals surface area contributed by atoms with Crippen molar-refractivity contribution in [3.63, 3.8) is 0 Å². The second-order valence-corrected chi connectivity index (χ2v) is 5.83. The molecular weight excluding hydrogens is 250 g/mol. The number of carboxylic acids is 1. The third-order valence-corrected chi connectivity index (χ3v) is 3.29. The van der Waals surface area contributed by atoms with Crippen molar-refractivity contribution < 1.29 is 14.7 Å². The van der Waals surface area contributed by atoms with Gasteiger partial charge in [0.1, 0.15) is 6.42 Å². The molecule has 98 valence electrons. The van der Waals surface area contributed by atoms with Crippen molar-refractivity contribution >= 4 is 29.3 Å². The Morgan fingerprint density at radius 2 is 1.83 bits per heavy atom. The number of hydrogen-bond acceptors (Lipinski definition) is 3. The number of benzene rings is 1. The van der Waals surface area contributed by atoms with Gasteiger partial charge in [0.25, 0.3) is 0 Å². The minimum Gasteiger partial charge on any atom is -0.481 e. The van der Waals surface area contributed by atoms with E-state index in [0.717, 1.165) is 4.90 Å².